The largest absolute Gasteiger partial charge is 0.462 e. The maximum Gasteiger partial charge on any atom is 0.407 e. The molecule has 0 fully saturated rings. The molecule has 1 aliphatic rings. The fraction of sp³-hybridized carbons (Fsp3) is 0.381. The van der Waals surface area contributed by atoms with Crippen molar-refractivity contribution in [1.29, 1.82) is 0 Å². The van der Waals surface area contributed by atoms with E-state index in [2.05, 4.69) is 35.9 Å². The topological polar surface area (TPSA) is 134 Å². The number of aliphatic hydroxyl groups excluding tert-OH is 1. The molecular weight excluding hydrogens is 658 g/mol. The summed E-state index contributed by atoms with van der Waals surface area (Å²) in [5.74, 6) is -2.26. The molecule has 0 saturated carbocycles. The monoisotopic (exact) mass is 709 g/mol. The zero-order valence-electron chi connectivity index (χ0n) is 30.2. The molecule has 3 aromatic rings. The lowest BCUT2D eigenvalue weighted by Crippen LogP contribution is -2.48. The number of rotatable bonds is 20. The van der Waals surface area contributed by atoms with Gasteiger partial charge in [-0.25, -0.2) is 9.59 Å². The number of fused-ring (bicyclic) bond motifs is 3. The molecule has 10 heteroatoms. The molecule has 10 nitrogen and oxygen atoms in total. The average Bonchev–Trinajstić information content (AvgIpc) is 3.47. The van der Waals surface area contributed by atoms with E-state index >= 15 is 0 Å². The van der Waals surface area contributed by atoms with Crippen molar-refractivity contribution in [2.24, 2.45) is 11.8 Å². The molecule has 0 spiro atoms. The van der Waals surface area contributed by atoms with Crippen molar-refractivity contribution in [2.45, 2.75) is 64.1 Å². The number of ether oxygens (including phenoxy) is 2. The van der Waals surface area contributed by atoms with E-state index in [4.69, 9.17) is 9.47 Å². The van der Waals surface area contributed by atoms with Gasteiger partial charge in [-0.1, -0.05) is 105 Å². The highest BCUT2D eigenvalue weighted by molar-refractivity contribution is 5.86. The van der Waals surface area contributed by atoms with Crippen molar-refractivity contribution < 1.29 is 33.8 Å². The molecule has 0 radical (unpaired) electrons. The molecule has 4 rings (SSSR count). The predicted molar refractivity (Wildman–Crippen MR) is 201 cm³/mol. The summed E-state index contributed by atoms with van der Waals surface area (Å²) in [5.41, 5.74) is 5.29. The summed E-state index contributed by atoms with van der Waals surface area (Å²) in [6, 6.07) is 24.0. The van der Waals surface area contributed by atoms with Crippen molar-refractivity contribution in [2.75, 3.05) is 26.4 Å². The molecule has 1 aliphatic carbocycles. The van der Waals surface area contributed by atoms with Crippen LogP contribution < -0.4 is 10.6 Å². The molecule has 276 valence electrons. The van der Waals surface area contributed by atoms with Gasteiger partial charge >= 0.3 is 12.1 Å². The van der Waals surface area contributed by atoms with Crippen LogP contribution in [0.1, 0.15) is 62.1 Å². The Morgan fingerprint density at radius 2 is 1.50 bits per heavy atom. The van der Waals surface area contributed by atoms with Gasteiger partial charge in [-0.05, 0) is 53.0 Å². The lowest BCUT2D eigenvalue weighted by molar-refractivity contribution is -0.148. The van der Waals surface area contributed by atoms with E-state index in [1.807, 2.05) is 80.6 Å². The first-order valence-corrected chi connectivity index (χ1v) is 17.9. The van der Waals surface area contributed by atoms with Gasteiger partial charge in [0, 0.05) is 25.4 Å². The minimum absolute atomic E-state index is 0.0804. The second kappa shape index (κ2) is 20.0. The summed E-state index contributed by atoms with van der Waals surface area (Å²) >= 11 is 0. The van der Waals surface area contributed by atoms with Gasteiger partial charge in [0.15, 0.2) is 0 Å². The lowest BCUT2D eigenvalue weighted by atomic mass is 9.97. The van der Waals surface area contributed by atoms with Crippen LogP contribution in [0.4, 0.5) is 4.79 Å². The number of benzene rings is 3. The average molecular weight is 710 g/mol. The molecule has 0 saturated heterocycles. The molecule has 52 heavy (non-hydrogen) atoms. The van der Waals surface area contributed by atoms with E-state index in [0.717, 1.165) is 27.8 Å². The number of nitrogens with zero attached hydrogens (tertiary/aromatic N) is 1. The number of esters is 1. The third kappa shape index (κ3) is 10.9. The van der Waals surface area contributed by atoms with Gasteiger partial charge < -0.3 is 30.1 Å². The van der Waals surface area contributed by atoms with Crippen LogP contribution in [-0.2, 0) is 30.4 Å². The highest BCUT2D eigenvalue weighted by Crippen LogP contribution is 2.44. The summed E-state index contributed by atoms with van der Waals surface area (Å²) in [7, 11) is 0. The highest BCUT2D eigenvalue weighted by Gasteiger charge is 2.31. The highest BCUT2D eigenvalue weighted by atomic mass is 16.6. The van der Waals surface area contributed by atoms with Crippen molar-refractivity contribution in [3.05, 3.63) is 121 Å². The van der Waals surface area contributed by atoms with Gasteiger partial charge in [0.25, 0.3) is 0 Å². The molecule has 0 heterocycles. The molecule has 0 aromatic heterocycles. The summed E-state index contributed by atoms with van der Waals surface area (Å²) in [5, 5.41) is 15.2. The van der Waals surface area contributed by atoms with Crippen molar-refractivity contribution >= 4 is 23.9 Å². The zero-order valence-corrected chi connectivity index (χ0v) is 30.2. The third-order valence-corrected chi connectivity index (χ3v) is 9.30. The lowest BCUT2D eigenvalue weighted by Gasteiger charge is -2.27. The van der Waals surface area contributed by atoms with Gasteiger partial charge in [-0.3, -0.25) is 9.59 Å². The van der Waals surface area contributed by atoms with Crippen LogP contribution in [0.25, 0.3) is 11.1 Å². The summed E-state index contributed by atoms with van der Waals surface area (Å²) in [6.45, 7) is 11.5. The summed E-state index contributed by atoms with van der Waals surface area (Å²) in [4.78, 5) is 54.7. The van der Waals surface area contributed by atoms with Gasteiger partial charge in [0.05, 0.1) is 18.6 Å². The Hall–Kier alpha value is -5.22. The van der Waals surface area contributed by atoms with E-state index in [-0.39, 0.29) is 69.3 Å². The minimum Gasteiger partial charge on any atom is -0.462 e. The van der Waals surface area contributed by atoms with Crippen LogP contribution >= 0.6 is 0 Å². The first-order chi connectivity index (χ1) is 25.2. The van der Waals surface area contributed by atoms with Gasteiger partial charge in [0.1, 0.15) is 19.3 Å². The standard InChI is InChI=1S/C42H51N3O7/c1-5-7-22-37(44-42(50)52-27-36-34-20-13-11-18-32(34)33-19-12-14-21-35(33)36)41(49)51-28-38(29(3)4)43-40(48)31(15-6-2)25-39(47)45(23-24-46)26-30-16-9-8-10-17-30/h5-6,8-14,16-21,29,31,36-38,46H,1-2,7,15,22-28H2,3-4H3,(H,43,48)(H,44,50)/t31-,37+,38-/m1/s1. The number of carbonyl (C=O) groups is 4. The number of allylic oxidation sites excluding steroid dienone is 2. The molecule has 0 bridgehead atoms. The molecule has 3 N–H and O–H groups in total. The first kappa shape index (κ1) is 39.6. The number of aliphatic hydroxyl groups is 1. The molecule has 3 atom stereocenters. The number of nitrogens with one attached hydrogen (secondary N) is 2. The quantitative estimate of drug-likeness (QED) is 0.0947. The van der Waals surface area contributed by atoms with Gasteiger partial charge in [-0.2, -0.15) is 0 Å². The predicted octanol–water partition coefficient (Wildman–Crippen LogP) is 6.15. The summed E-state index contributed by atoms with van der Waals surface area (Å²) in [6.07, 6.45) is 3.39. The molecule has 3 amide bonds. The summed E-state index contributed by atoms with van der Waals surface area (Å²) < 4.78 is 11.3. The molecule has 0 aliphatic heterocycles. The van der Waals surface area contributed by atoms with E-state index in [0.29, 0.717) is 13.0 Å². The Morgan fingerprint density at radius 1 is 0.865 bits per heavy atom. The second-order valence-corrected chi connectivity index (χ2v) is 13.3. The van der Waals surface area contributed by atoms with E-state index < -0.39 is 30.1 Å². The number of alkyl carbamates (subject to hydrolysis) is 1. The van der Waals surface area contributed by atoms with E-state index in [9.17, 15) is 24.3 Å². The Morgan fingerprint density at radius 3 is 2.10 bits per heavy atom. The minimum atomic E-state index is -0.995. The van der Waals surface area contributed by atoms with E-state index in [1.165, 1.54) is 4.90 Å². The van der Waals surface area contributed by atoms with Crippen LogP contribution in [0.15, 0.2) is 104 Å². The number of hydrogen-bond donors (Lipinski definition) is 3. The van der Waals surface area contributed by atoms with Crippen LogP contribution in [0.3, 0.4) is 0 Å². The molecule has 3 aromatic carbocycles. The zero-order chi connectivity index (χ0) is 37.5. The Labute approximate surface area is 306 Å². The van der Waals surface area contributed by atoms with Crippen LogP contribution in [-0.4, -0.2) is 72.3 Å². The van der Waals surface area contributed by atoms with Crippen LogP contribution in [0.2, 0.25) is 0 Å². The van der Waals surface area contributed by atoms with Crippen molar-refractivity contribution in [3.8, 4) is 11.1 Å². The van der Waals surface area contributed by atoms with Crippen molar-refractivity contribution in [3.63, 3.8) is 0 Å². The Balaban J connectivity index is 1.34. The van der Waals surface area contributed by atoms with Crippen molar-refractivity contribution in [1.82, 2.24) is 15.5 Å². The number of hydrogen-bond acceptors (Lipinski definition) is 7. The molecule has 0 unspecified atom stereocenters. The van der Waals surface area contributed by atoms with E-state index in [1.54, 1.807) is 12.2 Å². The van der Waals surface area contributed by atoms with Gasteiger partial charge in [0.2, 0.25) is 11.8 Å². The van der Waals surface area contributed by atoms with Crippen LogP contribution in [0.5, 0.6) is 0 Å². The second-order valence-electron chi connectivity index (χ2n) is 13.3. The SMILES string of the molecule is C=CCC[C@H](NC(=O)OCC1c2ccccc2-c2ccccc21)C(=O)OC[C@@H](NC(=O)[C@H](CC=C)CC(=O)N(CCO)Cc1ccccc1)C(C)C. The number of carbonyl (C=O) groups excluding carboxylic acids is 4. The Kier molecular flexibility index (Phi) is 15.2. The van der Waals surface area contributed by atoms with Crippen LogP contribution in [0, 0.1) is 11.8 Å². The maximum atomic E-state index is 13.5. The normalized spacial score (nSPS) is 13.5. The fourth-order valence-electron chi connectivity index (χ4n) is 6.33. The Bertz CT molecular complexity index is 1630. The smallest absolute Gasteiger partial charge is 0.407 e. The van der Waals surface area contributed by atoms with Gasteiger partial charge in [-0.15, -0.1) is 13.2 Å². The maximum absolute atomic E-state index is 13.5. The number of amides is 3. The molecular formula is C42H51N3O7. The first-order valence-electron chi connectivity index (χ1n) is 17.9. The third-order valence-electron chi connectivity index (χ3n) is 9.30. The fourth-order valence-corrected chi connectivity index (χ4v) is 6.33.